The van der Waals surface area contributed by atoms with Crippen LogP contribution in [0.2, 0.25) is 0 Å². The van der Waals surface area contributed by atoms with Crippen LogP contribution in [0.4, 0.5) is 5.82 Å². The lowest BCUT2D eigenvalue weighted by molar-refractivity contribution is 0.490. The van der Waals surface area contributed by atoms with E-state index in [1.807, 2.05) is 25.1 Å². The summed E-state index contributed by atoms with van der Waals surface area (Å²) in [5, 5.41) is 3.13. The van der Waals surface area contributed by atoms with Gasteiger partial charge in [0.1, 0.15) is 23.7 Å². The van der Waals surface area contributed by atoms with E-state index in [4.69, 9.17) is 4.42 Å². The molecule has 0 spiro atoms. The van der Waals surface area contributed by atoms with Crippen molar-refractivity contribution in [1.82, 2.24) is 9.97 Å². The highest BCUT2D eigenvalue weighted by Gasteiger charge is 1.98. The fraction of sp³-hybridized carbons (Fsp3) is 0.200. The molecule has 1 N–H and O–H groups in total. The van der Waals surface area contributed by atoms with Crippen molar-refractivity contribution in [1.29, 1.82) is 0 Å². The second-order valence-electron chi connectivity index (χ2n) is 2.96. The number of aryl methyl sites for hydroxylation is 1. The molecule has 2 aromatic rings. The first kappa shape index (κ1) is 8.74. The molecule has 0 saturated carbocycles. The number of nitrogens with zero attached hydrogens (tertiary/aromatic N) is 2. The highest BCUT2D eigenvalue weighted by atomic mass is 16.3. The minimum absolute atomic E-state index is 0.644. The molecule has 0 atom stereocenters. The average molecular weight is 189 g/mol. The summed E-state index contributed by atoms with van der Waals surface area (Å²) in [7, 11) is 0. The first-order valence-corrected chi connectivity index (χ1v) is 4.40. The number of furan rings is 1. The van der Waals surface area contributed by atoms with Gasteiger partial charge < -0.3 is 9.73 Å². The van der Waals surface area contributed by atoms with Gasteiger partial charge in [0.2, 0.25) is 0 Å². The summed E-state index contributed by atoms with van der Waals surface area (Å²) < 4.78 is 5.40. The van der Waals surface area contributed by atoms with Gasteiger partial charge in [-0.25, -0.2) is 9.97 Å². The lowest BCUT2D eigenvalue weighted by Gasteiger charge is -2.01. The molecule has 0 unspecified atom stereocenters. The first-order chi connectivity index (χ1) is 6.84. The number of hydrogen-bond donors (Lipinski definition) is 1. The van der Waals surface area contributed by atoms with Gasteiger partial charge in [0, 0.05) is 6.20 Å². The second-order valence-corrected chi connectivity index (χ2v) is 2.96. The molecule has 2 rings (SSSR count). The Morgan fingerprint density at radius 1 is 1.36 bits per heavy atom. The fourth-order valence-electron chi connectivity index (χ4n) is 1.15. The van der Waals surface area contributed by atoms with Gasteiger partial charge in [-0.05, 0) is 25.1 Å². The molecule has 4 heteroatoms. The van der Waals surface area contributed by atoms with Crippen molar-refractivity contribution < 1.29 is 4.42 Å². The van der Waals surface area contributed by atoms with Crippen molar-refractivity contribution in [3.05, 3.63) is 42.2 Å². The van der Waals surface area contributed by atoms with Crippen molar-refractivity contribution in [3.8, 4) is 0 Å². The largest absolute Gasteiger partial charge is 0.465 e. The molecule has 0 aliphatic carbocycles. The van der Waals surface area contributed by atoms with Gasteiger partial charge in [-0.3, -0.25) is 0 Å². The van der Waals surface area contributed by atoms with E-state index in [9.17, 15) is 0 Å². The van der Waals surface area contributed by atoms with Gasteiger partial charge in [-0.15, -0.1) is 0 Å². The van der Waals surface area contributed by atoms with Gasteiger partial charge in [0.25, 0.3) is 0 Å². The Morgan fingerprint density at radius 3 is 2.93 bits per heavy atom. The van der Waals surface area contributed by atoms with Crippen LogP contribution in [-0.4, -0.2) is 9.97 Å². The molecule has 72 valence electrons. The van der Waals surface area contributed by atoms with Gasteiger partial charge in [-0.1, -0.05) is 0 Å². The topological polar surface area (TPSA) is 51.0 Å². The van der Waals surface area contributed by atoms with Crippen molar-refractivity contribution in [2.24, 2.45) is 0 Å². The average Bonchev–Trinajstić information content (AvgIpc) is 2.63. The zero-order chi connectivity index (χ0) is 9.80. The van der Waals surface area contributed by atoms with E-state index < -0.39 is 0 Å². The minimum Gasteiger partial charge on any atom is -0.465 e. The molecule has 0 saturated heterocycles. The van der Waals surface area contributed by atoms with Gasteiger partial charge in [0.15, 0.2) is 0 Å². The highest BCUT2D eigenvalue weighted by molar-refractivity contribution is 5.32. The maximum atomic E-state index is 5.40. The Labute approximate surface area is 82.0 Å². The van der Waals surface area contributed by atoms with Crippen molar-refractivity contribution in [3.63, 3.8) is 0 Å². The van der Waals surface area contributed by atoms with Crippen molar-refractivity contribution in [2.75, 3.05) is 5.32 Å². The number of nitrogens with one attached hydrogen (secondary N) is 1. The van der Waals surface area contributed by atoms with Gasteiger partial charge in [0.05, 0.1) is 6.54 Å². The Kier molecular flexibility index (Phi) is 2.44. The molecule has 2 aromatic heterocycles. The molecule has 0 aromatic carbocycles. The summed E-state index contributed by atoms with van der Waals surface area (Å²) in [4.78, 5) is 7.87. The van der Waals surface area contributed by atoms with E-state index in [-0.39, 0.29) is 0 Å². The maximum Gasteiger partial charge on any atom is 0.129 e. The zero-order valence-corrected chi connectivity index (χ0v) is 7.90. The molecular weight excluding hydrogens is 178 g/mol. The van der Waals surface area contributed by atoms with Crippen LogP contribution in [0.15, 0.2) is 35.1 Å². The van der Waals surface area contributed by atoms with Crippen LogP contribution in [-0.2, 0) is 6.54 Å². The zero-order valence-electron chi connectivity index (χ0n) is 7.90. The Bertz CT molecular complexity index is 397. The number of aromatic nitrogens is 2. The summed E-state index contributed by atoms with van der Waals surface area (Å²) in [5.41, 5.74) is 0. The van der Waals surface area contributed by atoms with E-state index in [1.165, 1.54) is 6.33 Å². The van der Waals surface area contributed by atoms with Crippen LogP contribution >= 0.6 is 0 Å². The van der Waals surface area contributed by atoms with E-state index in [0.717, 1.165) is 17.3 Å². The Balaban J connectivity index is 1.95. The number of anilines is 1. The van der Waals surface area contributed by atoms with Crippen LogP contribution < -0.4 is 5.32 Å². The maximum absolute atomic E-state index is 5.40. The van der Waals surface area contributed by atoms with E-state index in [2.05, 4.69) is 15.3 Å². The third kappa shape index (κ3) is 2.10. The van der Waals surface area contributed by atoms with Crippen LogP contribution in [0.25, 0.3) is 0 Å². The van der Waals surface area contributed by atoms with Crippen LogP contribution in [0, 0.1) is 6.92 Å². The van der Waals surface area contributed by atoms with Crippen LogP contribution in [0.3, 0.4) is 0 Å². The predicted molar refractivity (Wildman–Crippen MR) is 52.8 cm³/mol. The predicted octanol–water partition coefficient (Wildman–Crippen LogP) is 1.99. The standard InChI is InChI=1S/C10H11N3O/c1-8-2-3-9(14-8)6-12-10-4-5-11-7-13-10/h2-5,7H,6H2,1H3,(H,11,12,13). The minimum atomic E-state index is 0.644. The van der Waals surface area contributed by atoms with E-state index in [1.54, 1.807) is 6.20 Å². The summed E-state index contributed by atoms with van der Waals surface area (Å²) in [6.45, 7) is 2.57. The lowest BCUT2D eigenvalue weighted by atomic mass is 10.4. The number of hydrogen-bond acceptors (Lipinski definition) is 4. The Morgan fingerprint density at radius 2 is 2.29 bits per heavy atom. The molecule has 4 nitrogen and oxygen atoms in total. The summed E-state index contributed by atoms with van der Waals surface area (Å²) >= 11 is 0. The van der Waals surface area contributed by atoms with Crippen LogP contribution in [0.5, 0.6) is 0 Å². The molecular formula is C10H11N3O. The van der Waals surface area contributed by atoms with Gasteiger partial charge >= 0.3 is 0 Å². The summed E-state index contributed by atoms with van der Waals surface area (Å²) in [6, 6.07) is 5.70. The lowest BCUT2D eigenvalue weighted by Crippen LogP contribution is -1.99. The van der Waals surface area contributed by atoms with E-state index in [0.29, 0.717) is 6.54 Å². The van der Waals surface area contributed by atoms with Crippen LogP contribution in [0.1, 0.15) is 11.5 Å². The van der Waals surface area contributed by atoms with E-state index >= 15 is 0 Å². The Hall–Kier alpha value is -1.84. The monoisotopic (exact) mass is 189 g/mol. The summed E-state index contributed by atoms with van der Waals surface area (Å²) in [5.74, 6) is 2.62. The molecule has 0 fully saturated rings. The molecule has 0 bridgehead atoms. The second kappa shape index (κ2) is 3.91. The third-order valence-corrected chi connectivity index (χ3v) is 1.82. The fourth-order valence-corrected chi connectivity index (χ4v) is 1.15. The molecule has 0 amide bonds. The van der Waals surface area contributed by atoms with Crippen molar-refractivity contribution in [2.45, 2.75) is 13.5 Å². The number of rotatable bonds is 3. The molecule has 0 radical (unpaired) electrons. The third-order valence-electron chi connectivity index (χ3n) is 1.82. The molecule has 2 heterocycles. The first-order valence-electron chi connectivity index (χ1n) is 4.40. The molecule has 0 aliphatic rings. The van der Waals surface area contributed by atoms with Gasteiger partial charge in [-0.2, -0.15) is 0 Å². The SMILES string of the molecule is Cc1ccc(CNc2ccncn2)o1. The summed E-state index contributed by atoms with van der Waals surface area (Å²) in [6.07, 6.45) is 3.21. The highest BCUT2D eigenvalue weighted by Crippen LogP contribution is 2.08. The normalized spacial score (nSPS) is 10.1. The molecule has 14 heavy (non-hydrogen) atoms. The molecule has 0 aliphatic heterocycles. The quantitative estimate of drug-likeness (QED) is 0.802. The smallest absolute Gasteiger partial charge is 0.129 e. The van der Waals surface area contributed by atoms with Crippen molar-refractivity contribution >= 4 is 5.82 Å².